The molecule has 1 fully saturated rings. The molecule has 0 spiro atoms. The quantitative estimate of drug-likeness (QED) is 0.482. The van der Waals surface area contributed by atoms with E-state index in [0.717, 1.165) is 19.7 Å². The van der Waals surface area contributed by atoms with Gasteiger partial charge in [0.05, 0.1) is 12.7 Å². The summed E-state index contributed by atoms with van der Waals surface area (Å²) in [5, 5.41) is 0. The van der Waals surface area contributed by atoms with Gasteiger partial charge >= 0.3 is 0 Å². The van der Waals surface area contributed by atoms with Gasteiger partial charge in [-0.2, -0.15) is 0 Å². The number of halogens is 1. The van der Waals surface area contributed by atoms with Crippen molar-refractivity contribution < 1.29 is 4.74 Å². The van der Waals surface area contributed by atoms with Gasteiger partial charge in [0.2, 0.25) is 0 Å². The molecule has 1 aliphatic rings. The fraction of sp³-hybridized carbons (Fsp3) is 1.00. The number of hydrogen-bond acceptors (Lipinski definition) is 2. The van der Waals surface area contributed by atoms with Crippen molar-refractivity contribution in [2.45, 2.75) is 51.6 Å². The number of ether oxygens (including phenoxy) is 1. The summed E-state index contributed by atoms with van der Waals surface area (Å²) in [6, 6.07) is 0. The van der Waals surface area contributed by atoms with Gasteiger partial charge in [-0.1, -0.05) is 39.0 Å². The smallest absolute Gasteiger partial charge is 0.0837 e. The van der Waals surface area contributed by atoms with Crippen LogP contribution in [0.5, 0.6) is 0 Å². The van der Waals surface area contributed by atoms with E-state index in [-0.39, 0.29) is 6.10 Å². The second kappa shape index (κ2) is 9.26. The van der Waals surface area contributed by atoms with Crippen LogP contribution in [-0.2, 0) is 4.74 Å². The van der Waals surface area contributed by atoms with Crippen molar-refractivity contribution >= 4 is 11.6 Å². The van der Waals surface area contributed by atoms with Gasteiger partial charge in [0.15, 0.2) is 0 Å². The number of hydrogen-bond donors (Lipinski definition) is 0. The van der Waals surface area contributed by atoms with Gasteiger partial charge < -0.3 is 4.74 Å². The summed E-state index contributed by atoms with van der Waals surface area (Å²) >= 11 is 5.81. The largest absolute Gasteiger partial charge is 0.374 e. The Kier molecular flexibility index (Phi) is 8.26. The fourth-order valence-electron chi connectivity index (χ4n) is 2.19. The van der Waals surface area contributed by atoms with Crippen molar-refractivity contribution in [2.24, 2.45) is 0 Å². The maximum Gasteiger partial charge on any atom is 0.0837 e. The molecule has 1 aliphatic heterocycles. The van der Waals surface area contributed by atoms with Crippen molar-refractivity contribution in [3.05, 3.63) is 0 Å². The lowest BCUT2D eigenvalue weighted by Crippen LogP contribution is -2.43. The lowest BCUT2D eigenvalue weighted by molar-refractivity contribution is -0.0167. The number of nitrogens with zero attached hydrogens (tertiary/aromatic N) is 1. The Balaban J connectivity index is 1.95. The Hall–Kier alpha value is 0.210. The number of unbranched alkanes of at least 4 members (excludes halogenated alkanes) is 5. The molecule has 1 saturated heterocycles. The number of alkyl halides is 1. The van der Waals surface area contributed by atoms with Crippen LogP contribution < -0.4 is 0 Å². The third-order valence-corrected chi connectivity index (χ3v) is 3.57. The van der Waals surface area contributed by atoms with Gasteiger partial charge in [-0.25, -0.2) is 0 Å². The van der Waals surface area contributed by atoms with Crippen molar-refractivity contribution in [1.29, 1.82) is 0 Å². The van der Waals surface area contributed by atoms with E-state index in [1.54, 1.807) is 0 Å². The number of morpholine rings is 1. The minimum Gasteiger partial charge on any atom is -0.374 e. The SMILES string of the molecule is CCCCCCCCN1CCOC(CCl)C1. The van der Waals surface area contributed by atoms with Gasteiger partial charge in [-0.3, -0.25) is 4.90 Å². The molecule has 1 atom stereocenters. The normalized spacial score (nSPS) is 22.5. The monoisotopic (exact) mass is 247 g/mol. The van der Waals surface area contributed by atoms with Crippen LogP contribution in [0.15, 0.2) is 0 Å². The second-order valence-electron chi connectivity index (χ2n) is 4.72. The van der Waals surface area contributed by atoms with E-state index in [2.05, 4.69) is 11.8 Å². The van der Waals surface area contributed by atoms with Crippen LogP contribution in [0.2, 0.25) is 0 Å². The third kappa shape index (κ3) is 6.07. The molecule has 0 saturated carbocycles. The molecule has 1 heterocycles. The van der Waals surface area contributed by atoms with E-state index in [9.17, 15) is 0 Å². The highest BCUT2D eigenvalue weighted by molar-refractivity contribution is 6.18. The average molecular weight is 248 g/mol. The van der Waals surface area contributed by atoms with Gasteiger partial charge in [0.1, 0.15) is 0 Å². The van der Waals surface area contributed by atoms with Crippen molar-refractivity contribution in [3.8, 4) is 0 Å². The predicted molar refractivity (Wildman–Crippen MR) is 70.3 cm³/mol. The lowest BCUT2D eigenvalue weighted by atomic mass is 10.1. The highest BCUT2D eigenvalue weighted by Crippen LogP contribution is 2.10. The first-order valence-corrected chi connectivity index (χ1v) is 7.30. The van der Waals surface area contributed by atoms with Crippen LogP contribution in [0.1, 0.15) is 45.4 Å². The topological polar surface area (TPSA) is 12.5 Å². The van der Waals surface area contributed by atoms with E-state index in [4.69, 9.17) is 16.3 Å². The Morgan fingerprint density at radius 1 is 1.19 bits per heavy atom. The summed E-state index contributed by atoms with van der Waals surface area (Å²) < 4.78 is 5.54. The van der Waals surface area contributed by atoms with Crippen molar-refractivity contribution in [2.75, 3.05) is 32.1 Å². The first kappa shape index (κ1) is 14.3. The van der Waals surface area contributed by atoms with E-state index >= 15 is 0 Å². The Morgan fingerprint density at radius 2 is 1.94 bits per heavy atom. The van der Waals surface area contributed by atoms with Crippen LogP contribution in [0.4, 0.5) is 0 Å². The summed E-state index contributed by atoms with van der Waals surface area (Å²) in [7, 11) is 0. The summed E-state index contributed by atoms with van der Waals surface area (Å²) in [6.45, 7) is 6.46. The maximum absolute atomic E-state index is 5.81. The molecule has 1 unspecified atom stereocenters. The molecule has 0 N–H and O–H groups in total. The van der Waals surface area contributed by atoms with Gasteiger partial charge in [-0.05, 0) is 13.0 Å². The summed E-state index contributed by atoms with van der Waals surface area (Å²) in [4.78, 5) is 2.50. The maximum atomic E-state index is 5.81. The predicted octanol–water partition coefficient (Wildman–Crippen LogP) is 3.29. The van der Waals surface area contributed by atoms with Crippen LogP contribution in [-0.4, -0.2) is 43.1 Å². The molecule has 3 heteroatoms. The molecule has 2 nitrogen and oxygen atoms in total. The summed E-state index contributed by atoms with van der Waals surface area (Å²) in [5.74, 6) is 0.632. The van der Waals surface area contributed by atoms with E-state index in [0.29, 0.717) is 5.88 Å². The van der Waals surface area contributed by atoms with Gasteiger partial charge in [-0.15, -0.1) is 11.6 Å². The van der Waals surface area contributed by atoms with Crippen LogP contribution in [0, 0.1) is 0 Å². The molecule has 0 aromatic heterocycles. The molecule has 0 aromatic carbocycles. The Morgan fingerprint density at radius 3 is 2.69 bits per heavy atom. The molecule has 96 valence electrons. The molecule has 0 radical (unpaired) electrons. The first-order chi connectivity index (χ1) is 7.86. The standard InChI is InChI=1S/C13H26ClNO/c1-2-3-4-5-6-7-8-15-9-10-16-13(11-14)12-15/h13H,2-12H2,1H3. The van der Waals surface area contributed by atoms with Crippen LogP contribution in [0.25, 0.3) is 0 Å². The third-order valence-electron chi connectivity index (χ3n) is 3.22. The molecular formula is C13H26ClNO. The fourth-order valence-corrected chi connectivity index (χ4v) is 2.38. The van der Waals surface area contributed by atoms with Crippen LogP contribution in [0.3, 0.4) is 0 Å². The molecule has 0 aliphatic carbocycles. The molecule has 0 bridgehead atoms. The minimum absolute atomic E-state index is 0.260. The average Bonchev–Trinajstić information content (AvgIpc) is 2.34. The number of rotatable bonds is 8. The lowest BCUT2D eigenvalue weighted by Gasteiger charge is -2.31. The molecule has 0 aromatic rings. The Labute approximate surface area is 105 Å². The molecule has 1 rings (SSSR count). The first-order valence-electron chi connectivity index (χ1n) is 6.76. The van der Waals surface area contributed by atoms with Gasteiger partial charge in [0, 0.05) is 19.0 Å². The van der Waals surface area contributed by atoms with E-state index < -0.39 is 0 Å². The highest BCUT2D eigenvalue weighted by atomic mass is 35.5. The van der Waals surface area contributed by atoms with E-state index in [1.165, 1.54) is 45.1 Å². The zero-order chi connectivity index (χ0) is 11.6. The molecular weight excluding hydrogens is 222 g/mol. The second-order valence-corrected chi connectivity index (χ2v) is 5.02. The molecule has 16 heavy (non-hydrogen) atoms. The summed E-state index contributed by atoms with van der Waals surface area (Å²) in [6.07, 6.45) is 8.51. The van der Waals surface area contributed by atoms with Crippen LogP contribution >= 0.6 is 11.6 Å². The van der Waals surface area contributed by atoms with E-state index in [1.807, 2.05) is 0 Å². The minimum atomic E-state index is 0.260. The van der Waals surface area contributed by atoms with Crippen molar-refractivity contribution in [3.63, 3.8) is 0 Å². The summed E-state index contributed by atoms with van der Waals surface area (Å²) in [5.41, 5.74) is 0. The molecule has 0 amide bonds. The highest BCUT2D eigenvalue weighted by Gasteiger charge is 2.18. The Bertz CT molecular complexity index is 166. The van der Waals surface area contributed by atoms with Gasteiger partial charge in [0.25, 0.3) is 0 Å². The van der Waals surface area contributed by atoms with Crippen molar-refractivity contribution in [1.82, 2.24) is 4.90 Å². The zero-order valence-electron chi connectivity index (χ0n) is 10.6. The zero-order valence-corrected chi connectivity index (χ0v) is 11.3.